The predicted octanol–water partition coefficient (Wildman–Crippen LogP) is 6.28. The molecular weight excluding hydrogens is 552 g/mol. The summed E-state index contributed by atoms with van der Waals surface area (Å²) in [7, 11) is 1.89. The van der Waals surface area contributed by atoms with E-state index in [1.165, 1.54) is 17.6 Å². The molecule has 0 bridgehead atoms. The summed E-state index contributed by atoms with van der Waals surface area (Å²) >= 11 is 0. The van der Waals surface area contributed by atoms with Crippen molar-refractivity contribution in [2.75, 3.05) is 12.4 Å². The normalized spacial score (nSPS) is 11.2. The number of carbonyl (C=O) groups excluding carboxylic acids is 1. The van der Waals surface area contributed by atoms with Crippen molar-refractivity contribution < 1.29 is 23.5 Å². The van der Waals surface area contributed by atoms with Gasteiger partial charge in [0.25, 0.3) is 0 Å². The number of nitrogens with one attached hydrogen (secondary N) is 1. The van der Waals surface area contributed by atoms with Gasteiger partial charge in [-0.3, -0.25) is 14.5 Å². The number of hydrogen-bond donors (Lipinski definition) is 2. The maximum absolute atomic E-state index is 14.7. The Balaban J connectivity index is 1.73. The Kier molecular flexibility index (Phi) is 8.45. The lowest BCUT2D eigenvalue weighted by Gasteiger charge is -2.22. The highest BCUT2D eigenvalue weighted by Gasteiger charge is 2.22. The quantitative estimate of drug-likeness (QED) is 0.214. The minimum Gasteiger partial charge on any atom is -0.477 e. The van der Waals surface area contributed by atoms with Gasteiger partial charge in [-0.15, -0.1) is 0 Å². The van der Waals surface area contributed by atoms with Gasteiger partial charge in [0.15, 0.2) is 0 Å². The topological polar surface area (TPSA) is 91.6 Å². The summed E-state index contributed by atoms with van der Waals surface area (Å²) in [5.41, 5.74) is 2.55. The van der Waals surface area contributed by atoms with Gasteiger partial charge in [0.1, 0.15) is 17.2 Å². The standard InChI is InChI=1S/C34H29F2N3O4/c1-21(40)37-24-13-11-23(12-14-24)25-15-16-31-32(26(25)18-38(2)17-22-7-4-3-5-8-22)33(41)28(34(42)43)20-39(31)19-27-29(35)9-6-10-30(27)36/h3-16,20H,17-19H2,1-2H3,(H,37,40)(H,42,43). The van der Waals surface area contributed by atoms with Crippen molar-refractivity contribution in [1.29, 1.82) is 0 Å². The predicted molar refractivity (Wildman–Crippen MR) is 162 cm³/mol. The molecule has 218 valence electrons. The number of pyridine rings is 1. The molecule has 0 aliphatic carbocycles. The summed E-state index contributed by atoms with van der Waals surface area (Å²) in [5, 5.41) is 12.9. The Morgan fingerprint density at radius 1 is 0.860 bits per heavy atom. The van der Waals surface area contributed by atoms with Crippen molar-refractivity contribution in [1.82, 2.24) is 9.47 Å². The van der Waals surface area contributed by atoms with Crippen LogP contribution >= 0.6 is 0 Å². The number of nitrogens with zero attached hydrogens (tertiary/aromatic N) is 2. The maximum Gasteiger partial charge on any atom is 0.341 e. The molecule has 7 nitrogen and oxygen atoms in total. The van der Waals surface area contributed by atoms with Crippen molar-refractivity contribution in [3.05, 3.63) is 135 Å². The molecule has 0 saturated carbocycles. The number of carboxylic acid groups (broad SMARTS) is 1. The molecule has 5 aromatic rings. The Morgan fingerprint density at radius 2 is 1.53 bits per heavy atom. The molecular formula is C34H29F2N3O4. The van der Waals surface area contributed by atoms with E-state index < -0.39 is 28.6 Å². The Bertz CT molecular complexity index is 1870. The van der Waals surface area contributed by atoms with Crippen molar-refractivity contribution in [3.8, 4) is 11.1 Å². The van der Waals surface area contributed by atoms with Crippen LogP contribution in [-0.4, -0.2) is 33.5 Å². The third-order valence-electron chi connectivity index (χ3n) is 7.22. The molecule has 0 spiro atoms. The van der Waals surface area contributed by atoms with Crippen molar-refractivity contribution in [2.45, 2.75) is 26.6 Å². The lowest BCUT2D eigenvalue weighted by atomic mass is 9.94. The van der Waals surface area contributed by atoms with E-state index in [9.17, 15) is 28.3 Å². The highest BCUT2D eigenvalue weighted by Crippen LogP contribution is 2.32. The van der Waals surface area contributed by atoms with Crippen LogP contribution in [0.4, 0.5) is 14.5 Å². The summed E-state index contributed by atoms with van der Waals surface area (Å²) in [5.74, 6) is -3.21. The summed E-state index contributed by atoms with van der Waals surface area (Å²) in [6.45, 7) is 1.91. The van der Waals surface area contributed by atoms with E-state index in [0.29, 0.717) is 28.9 Å². The molecule has 5 rings (SSSR count). The van der Waals surface area contributed by atoms with Crippen molar-refractivity contribution in [3.63, 3.8) is 0 Å². The van der Waals surface area contributed by atoms with Gasteiger partial charge in [-0.1, -0.05) is 54.6 Å². The number of carboxylic acids is 1. The zero-order valence-corrected chi connectivity index (χ0v) is 23.6. The number of aromatic carboxylic acids is 1. The van der Waals surface area contributed by atoms with Crippen LogP contribution in [0.15, 0.2) is 95.9 Å². The van der Waals surface area contributed by atoms with Gasteiger partial charge in [-0.25, -0.2) is 13.6 Å². The summed E-state index contributed by atoms with van der Waals surface area (Å²) in [4.78, 5) is 39.6. The van der Waals surface area contributed by atoms with Crippen molar-refractivity contribution in [2.24, 2.45) is 0 Å². The highest BCUT2D eigenvalue weighted by molar-refractivity contribution is 5.96. The van der Waals surface area contributed by atoms with E-state index in [1.807, 2.05) is 48.3 Å². The minimum atomic E-state index is -1.44. The second-order valence-electron chi connectivity index (χ2n) is 10.4. The molecule has 0 aliphatic heterocycles. The number of rotatable bonds is 9. The van der Waals surface area contributed by atoms with Gasteiger partial charge < -0.3 is 15.0 Å². The second kappa shape index (κ2) is 12.4. The van der Waals surface area contributed by atoms with Gasteiger partial charge in [0, 0.05) is 37.5 Å². The first-order valence-corrected chi connectivity index (χ1v) is 13.6. The first-order valence-electron chi connectivity index (χ1n) is 13.6. The highest BCUT2D eigenvalue weighted by atomic mass is 19.1. The van der Waals surface area contributed by atoms with Crippen LogP contribution in [0.25, 0.3) is 22.0 Å². The first-order chi connectivity index (χ1) is 20.6. The number of carbonyl (C=O) groups is 2. The lowest BCUT2D eigenvalue weighted by molar-refractivity contribution is -0.114. The molecule has 0 saturated heterocycles. The van der Waals surface area contributed by atoms with E-state index >= 15 is 0 Å². The van der Waals surface area contributed by atoms with E-state index in [0.717, 1.165) is 29.5 Å². The van der Waals surface area contributed by atoms with E-state index in [2.05, 4.69) is 5.32 Å². The molecule has 0 fully saturated rings. The maximum atomic E-state index is 14.7. The number of hydrogen-bond acceptors (Lipinski definition) is 4. The van der Waals surface area contributed by atoms with Crippen LogP contribution in [0.3, 0.4) is 0 Å². The third kappa shape index (κ3) is 6.37. The van der Waals surface area contributed by atoms with Gasteiger partial charge in [0.05, 0.1) is 17.4 Å². The number of amides is 1. The number of fused-ring (bicyclic) bond motifs is 1. The van der Waals surface area contributed by atoms with Crippen LogP contribution in [0.2, 0.25) is 0 Å². The minimum absolute atomic E-state index is 0.153. The van der Waals surface area contributed by atoms with Gasteiger partial charge in [0.2, 0.25) is 11.3 Å². The van der Waals surface area contributed by atoms with Gasteiger partial charge in [-0.2, -0.15) is 0 Å². The molecule has 9 heteroatoms. The molecule has 1 amide bonds. The largest absolute Gasteiger partial charge is 0.477 e. The van der Waals surface area contributed by atoms with Crippen LogP contribution in [0.1, 0.15) is 34.0 Å². The lowest BCUT2D eigenvalue weighted by Crippen LogP contribution is -2.24. The van der Waals surface area contributed by atoms with Gasteiger partial charge in [-0.05, 0) is 59.6 Å². The average Bonchev–Trinajstić information content (AvgIpc) is 2.96. The van der Waals surface area contributed by atoms with E-state index in [1.54, 1.807) is 30.3 Å². The van der Waals surface area contributed by atoms with Crippen LogP contribution < -0.4 is 10.7 Å². The monoisotopic (exact) mass is 581 g/mol. The van der Waals surface area contributed by atoms with E-state index in [-0.39, 0.29) is 29.9 Å². The molecule has 0 radical (unpaired) electrons. The van der Waals surface area contributed by atoms with E-state index in [4.69, 9.17) is 0 Å². The zero-order chi connectivity index (χ0) is 30.7. The number of anilines is 1. The number of aromatic nitrogens is 1. The summed E-state index contributed by atoms with van der Waals surface area (Å²) in [6, 6.07) is 23.9. The molecule has 0 unspecified atom stereocenters. The third-order valence-corrected chi connectivity index (χ3v) is 7.22. The number of benzene rings is 4. The SMILES string of the molecule is CC(=O)Nc1ccc(-c2ccc3c(c2CN(C)Cc2ccccc2)c(=O)c(C(=O)O)cn3Cc2c(F)cccc2F)cc1. The first kappa shape index (κ1) is 29.3. The molecule has 2 N–H and O–H groups in total. The molecule has 1 heterocycles. The second-order valence-corrected chi connectivity index (χ2v) is 10.4. The molecule has 4 aromatic carbocycles. The summed E-state index contributed by atoms with van der Waals surface area (Å²) < 4.78 is 30.7. The Morgan fingerprint density at radius 3 is 2.16 bits per heavy atom. The van der Waals surface area contributed by atoms with Gasteiger partial charge >= 0.3 is 5.97 Å². The molecule has 43 heavy (non-hydrogen) atoms. The van der Waals surface area contributed by atoms with Crippen LogP contribution in [-0.2, 0) is 24.4 Å². The fraction of sp³-hybridized carbons (Fsp3) is 0.147. The Labute approximate surface area is 246 Å². The Hall–Kier alpha value is -5.15. The molecule has 0 atom stereocenters. The zero-order valence-electron chi connectivity index (χ0n) is 23.6. The number of halogens is 2. The van der Waals surface area contributed by atoms with Crippen LogP contribution in [0, 0.1) is 11.6 Å². The van der Waals surface area contributed by atoms with Crippen molar-refractivity contribution >= 4 is 28.5 Å². The molecule has 1 aromatic heterocycles. The fourth-order valence-corrected chi connectivity index (χ4v) is 5.28. The fourth-order valence-electron chi connectivity index (χ4n) is 5.28. The average molecular weight is 582 g/mol. The smallest absolute Gasteiger partial charge is 0.341 e. The van der Waals surface area contributed by atoms with Crippen LogP contribution in [0.5, 0.6) is 0 Å². The molecule has 0 aliphatic rings. The summed E-state index contributed by atoms with van der Waals surface area (Å²) in [6.07, 6.45) is 1.14.